The van der Waals surface area contributed by atoms with Crippen LogP contribution in [0.3, 0.4) is 0 Å². The lowest BCUT2D eigenvalue weighted by Crippen LogP contribution is -2.06. The number of carbonyl (C=O) groups is 1. The molecular formula is C12H15NO2. The fourth-order valence-corrected chi connectivity index (χ4v) is 1.45. The minimum atomic E-state index is 0.0637. The van der Waals surface area contributed by atoms with Crippen LogP contribution in [0.1, 0.15) is 36.5 Å². The van der Waals surface area contributed by atoms with Gasteiger partial charge in [-0.25, -0.2) is 0 Å². The third-order valence-corrected chi connectivity index (χ3v) is 2.51. The summed E-state index contributed by atoms with van der Waals surface area (Å²) < 4.78 is 5.61. The highest BCUT2D eigenvalue weighted by molar-refractivity contribution is 6.01. The normalized spacial score (nSPS) is 15.0. The second-order valence-electron chi connectivity index (χ2n) is 3.81. The first-order valence-electron chi connectivity index (χ1n) is 5.30. The molecule has 15 heavy (non-hydrogen) atoms. The van der Waals surface area contributed by atoms with Gasteiger partial charge < -0.3 is 10.5 Å². The third-order valence-electron chi connectivity index (χ3n) is 2.51. The van der Waals surface area contributed by atoms with Crippen LogP contribution < -0.4 is 10.5 Å². The molecule has 1 aromatic carbocycles. The number of nitrogens with two attached hydrogens (primary N) is 1. The number of para-hydroxylation sites is 1. The Bertz CT molecular complexity index is 383. The molecule has 3 heteroatoms. The van der Waals surface area contributed by atoms with Crippen molar-refractivity contribution >= 4 is 11.5 Å². The highest BCUT2D eigenvalue weighted by atomic mass is 16.5. The first kappa shape index (κ1) is 10.0. The van der Waals surface area contributed by atoms with E-state index in [1.54, 1.807) is 6.07 Å². The number of anilines is 1. The van der Waals surface area contributed by atoms with E-state index in [1.165, 1.54) is 0 Å². The standard InChI is InChI=1S/C12H15NO2/c1-2-10(14)9-4-3-5-11(12(9)13)15-8-6-7-8/h3-5,8H,2,6-7,13H2,1H3. The summed E-state index contributed by atoms with van der Waals surface area (Å²) in [6.45, 7) is 1.83. The maximum absolute atomic E-state index is 11.6. The molecule has 0 aromatic heterocycles. The lowest BCUT2D eigenvalue weighted by Gasteiger charge is -2.10. The SMILES string of the molecule is CCC(=O)c1cccc(OC2CC2)c1N. The van der Waals surface area contributed by atoms with Crippen LogP contribution in [0.5, 0.6) is 5.75 Å². The highest BCUT2D eigenvalue weighted by Crippen LogP contribution is 2.32. The van der Waals surface area contributed by atoms with E-state index >= 15 is 0 Å². The predicted octanol–water partition coefficient (Wildman–Crippen LogP) is 2.40. The zero-order valence-corrected chi connectivity index (χ0v) is 8.82. The van der Waals surface area contributed by atoms with Gasteiger partial charge in [0.2, 0.25) is 0 Å². The van der Waals surface area contributed by atoms with Crippen molar-refractivity contribution in [3.63, 3.8) is 0 Å². The molecule has 2 N–H and O–H groups in total. The fraction of sp³-hybridized carbons (Fsp3) is 0.417. The molecule has 1 aliphatic rings. The maximum Gasteiger partial charge on any atom is 0.164 e. The summed E-state index contributed by atoms with van der Waals surface area (Å²) in [5.74, 6) is 0.713. The van der Waals surface area contributed by atoms with Crippen LogP contribution in [0.2, 0.25) is 0 Å². The van der Waals surface area contributed by atoms with E-state index in [0.717, 1.165) is 12.8 Å². The van der Waals surface area contributed by atoms with Crippen LogP contribution in [-0.4, -0.2) is 11.9 Å². The Hall–Kier alpha value is -1.51. The van der Waals surface area contributed by atoms with E-state index in [0.29, 0.717) is 29.5 Å². The van der Waals surface area contributed by atoms with Gasteiger partial charge in [0.15, 0.2) is 5.78 Å². The fourth-order valence-electron chi connectivity index (χ4n) is 1.45. The zero-order chi connectivity index (χ0) is 10.8. The Balaban J connectivity index is 2.27. The molecule has 1 aromatic rings. The van der Waals surface area contributed by atoms with Crippen molar-refractivity contribution in [2.75, 3.05) is 5.73 Å². The molecule has 0 saturated heterocycles. The van der Waals surface area contributed by atoms with E-state index in [4.69, 9.17) is 10.5 Å². The number of carbonyl (C=O) groups excluding carboxylic acids is 1. The van der Waals surface area contributed by atoms with Gasteiger partial charge >= 0.3 is 0 Å². The molecule has 0 bridgehead atoms. The van der Waals surface area contributed by atoms with E-state index in [2.05, 4.69) is 0 Å². The predicted molar refractivity (Wildman–Crippen MR) is 59.1 cm³/mol. The van der Waals surface area contributed by atoms with Gasteiger partial charge in [0.1, 0.15) is 5.75 Å². The monoisotopic (exact) mass is 205 g/mol. The molecule has 1 aliphatic carbocycles. The van der Waals surface area contributed by atoms with Crippen molar-refractivity contribution in [3.05, 3.63) is 23.8 Å². The molecule has 3 nitrogen and oxygen atoms in total. The van der Waals surface area contributed by atoms with Crippen LogP contribution in [-0.2, 0) is 0 Å². The topological polar surface area (TPSA) is 52.3 Å². The summed E-state index contributed by atoms with van der Waals surface area (Å²) in [5.41, 5.74) is 6.95. The van der Waals surface area contributed by atoms with E-state index in [-0.39, 0.29) is 5.78 Å². The van der Waals surface area contributed by atoms with Gasteiger partial charge in [0.25, 0.3) is 0 Å². The molecule has 1 saturated carbocycles. The zero-order valence-electron chi connectivity index (χ0n) is 8.82. The van der Waals surface area contributed by atoms with Crippen molar-refractivity contribution in [1.82, 2.24) is 0 Å². The van der Waals surface area contributed by atoms with Gasteiger partial charge in [-0.3, -0.25) is 4.79 Å². The third kappa shape index (κ3) is 2.12. The number of hydrogen-bond acceptors (Lipinski definition) is 3. The van der Waals surface area contributed by atoms with Crippen LogP contribution in [0.4, 0.5) is 5.69 Å². The average Bonchev–Trinajstić information content (AvgIpc) is 3.04. The van der Waals surface area contributed by atoms with Gasteiger partial charge in [-0.15, -0.1) is 0 Å². The number of nitrogen functional groups attached to an aromatic ring is 1. The van der Waals surface area contributed by atoms with Crippen molar-refractivity contribution in [3.8, 4) is 5.75 Å². The summed E-state index contributed by atoms with van der Waals surface area (Å²) in [7, 11) is 0. The van der Waals surface area contributed by atoms with Crippen molar-refractivity contribution in [2.45, 2.75) is 32.3 Å². The van der Waals surface area contributed by atoms with E-state index in [1.807, 2.05) is 19.1 Å². The largest absolute Gasteiger partial charge is 0.488 e. The van der Waals surface area contributed by atoms with Crippen molar-refractivity contribution in [2.24, 2.45) is 0 Å². The Morgan fingerprint density at radius 2 is 2.27 bits per heavy atom. The number of hydrogen-bond donors (Lipinski definition) is 1. The average molecular weight is 205 g/mol. The molecule has 1 fully saturated rings. The molecule has 0 atom stereocenters. The van der Waals surface area contributed by atoms with Crippen LogP contribution in [0.25, 0.3) is 0 Å². The van der Waals surface area contributed by atoms with Gasteiger partial charge in [0.05, 0.1) is 11.8 Å². The molecule has 0 spiro atoms. The van der Waals surface area contributed by atoms with Gasteiger partial charge in [0, 0.05) is 12.0 Å². The Labute approximate surface area is 89.2 Å². The molecule has 2 rings (SSSR count). The molecule has 80 valence electrons. The lowest BCUT2D eigenvalue weighted by molar-refractivity contribution is 0.0988. The minimum Gasteiger partial charge on any atom is -0.488 e. The number of Topliss-reactive ketones (excluding diaryl/α,β-unsaturated/α-hetero) is 1. The molecular weight excluding hydrogens is 190 g/mol. The molecule has 0 unspecified atom stereocenters. The van der Waals surface area contributed by atoms with E-state index in [9.17, 15) is 4.79 Å². The summed E-state index contributed by atoms with van der Waals surface area (Å²) in [6, 6.07) is 5.39. The smallest absolute Gasteiger partial charge is 0.164 e. The van der Waals surface area contributed by atoms with Gasteiger partial charge in [-0.2, -0.15) is 0 Å². The van der Waals surface area contributed by atoms with E-state index < -0.39 is 0 Å². The number of benzene rings is 1. The second kappa shape index (κ2) is 3.93. The molecule has 0 radical (unpaired) electrons. The van der Waals surface area contributed by atoms with Gasteiger partial charge in [-0.1, -0.05) is 13.0 Å². The Kier molecular flexibility index (Phi) is 2.62. The summed E-state index contributed by atoms with van der Waals surface area (Å²) in [6.07, 6.45) is 2.95. The molecule has 0 amide bonds. The van der Waals surface area contributed by atoms with Crippen LogP contribution in [0.15, 0.2) is 18.2 Å². The lowest BCUT2D eigenvalue weighted by atomic mass is 10.1. The quantitative estimate of drug-likeness (QED) is 0.606. The second-order valence-corrected chi connectivity index (χ2v) is 3.81. The van der Waals surface area contributed by atoms with Gasteiger partial charge in [-0.05, 0) is 25.0 Å². The highest BCUT2D eigenvalue weighted by Gasteiger charge is 2.25. The summed E-state index contributed by atoms with van der Waals surface area (Å²) in [4.78, 5) is 11.6. The molecule has 0 heterocycles. The summed E-state index contributed by atoms with van der Waals surface area (Å²) in [5, 5.41) is 0. The van der Waals surface area contributed by atoms with Crippen molar-refractivity contribution in [1.29, 1.82) is 0 Å². The maximum atomic E-state index is 11.6. The van der Waals surface area contributed by atoms with Crippen molar-refractivity contribution < 1.29 is 9.53 Å². The van der Waals surface area contributed by atoms with Crippen LogP contribution >= 0.6 is 0 Å². The Morgan fingerprint density at radius 1 is 1.53 bits per heavy atom. The minimum absolute atomic E-state index is 0.0637. The number of rotatable bonds is 4. The summed E-state index contributed by atoms with van der Waals surface area (Å²) >= 11 is 0. The van der Waals surface area contributed by atoms with Crippen LogP contribution in [0, 0.1) is 0 Å². The Morgan fingerprint density at radius 3 is 2.87 bits per heavy atom. The first-order chi connectivity index (χ1) is 7.22. The number of ketones is 1. The molecule has 0 aliphatic heterocycles. The first-order valence-corrected chi connectivity index (χ1v) is 5.30. The number of ether oxygens (including phenoxy) is 1.